The third kappa shape index (κ3) is 2.25. The first-order valence-corrected chi connectivity index (χ1v) is 6.79. The van der Waals surface area contributed by atoms with E-state index in [9.17, 15) is 14.7 Å². The van der Waals surface area contributed by atoms with Crippen LogP contribution in [0.25, 0.3) is 0 Å². The first kappa shape index (κ1) is 13.4. The molecule has 4 nitrogen and oxygen atoms in total. The van der Waals surface area contributed by atoms with Crippen molar-refractivity contribution in [1.29, 1.82) is 0 Å². The van der Waals surface area contributed by atoms with Crippen molar-refractivity contribution < 1.29 is 19.4 Å². The molecule has 0 saturated heterocycles. The first-order valence-electron chi connectivity index (χ1n) is 6.79. The van der Waals surface area contributed by atoms with Crippen molar-refractivity contribution in [3.8, 4) is 0 Å². The summed E-state index contributed by atoms with van der Waals surface area (Å²) in [5.41, 5.74) is -1.33. The molecule has 18 heavy (non-hydrogen) atoms. The van der Waals surface area contributed by atoms with Gasteiger partial charge in [0.1, 0.15) is 11.5 Å². The number of ether oxygens (including phenoxy) is 1. The van der Waals surface area contributed by atoms with Gasteiger partial charge in [-0.25, -0.2) is 0 Å². The number of carboxylic acids is 1. The van der Waals surface area contributed by atoms with Crippen molar-refractivity contribution in [2.75, 3.05) is 0 Å². The molecule has 0 aromatic rings. The summed E-state index contributed by atoms with van der Waals surface area (Å²) in [5, 5.41) is 11.0. The summed E-state index contributed by atoms with van der Waals surface area (Å²) in [7, 11) is 0. The Hall–Kier alpha value is -1.06. The van der Waals surface area contributed by atoms with Crippen LogP contribution < -0.4 is 5.11 Å². The molecule has 0 radical (unpaired) electrons. The number of hydrogen-bond acceptors (Lipinski definition) is 4. The average molecular weight is 253 g/mol. The number of carbonyl (C=O) groups excluding carboxylic acids is 2. The Morgan fingerprint density at radius 2 is 1.61 bits per heavy atom. The van der Waals surface area contributed by atoms with Gasteiger partial charge in [-0.1, -0.05) is 20.8 Å². The van der Waals surface area contributed by atoms with Crippen molar-refractivity contribution >= 4 is 11.9 Å². The number of esters is 1. The van der Waals surface area contributed by atoms with Crippen molar-refractivity contribution in [1.82, 2.24) is 0 Å². The minimum absolute atomic E-state index is 0.148. The molecule has 4 heteroatoms. The summed E-state index contributed by atoms with van der Waals surface area (Å²) in [5.74, 6) is -0.630. The van der Waals surface area contributed by atoms with E-state index in [0.29, 0.717) is 30.6 Å². The topological polar surface area (TPSA) is 66.4 Å². The highest BCUT2D eigenvalue weighted by Gasteiger charge is 2.54. The lowest BCUT2D eigenvalue weighted by atomic mass is 9.75. The summed E-state index contributed by atoms with van der Waals surface area (Å²) < 4.78 is 5.49. The van der Waals surface area contributed by atoms with E-state index >= 15 is 0 Å². The van der Waals surface area contributed by atoms with E-state index in [4.69, 9.17) is 4.74 Å². The molecular weight excluding hydrogens is 232 g/mol. The molecule has 2 unspecified atom stereocenters. The number of aliphatic carboxylic acids is 1. The minimum Gasteiger partial charge on any atom is -0.549 e. The second kappa shape index (κ2) is 4.56. The maximum absolute atomic E-state index is 12.0. The molecule has 2 rings (SSSR count). The van der Waals surface area contributed by atoms with E-state index in [1.807, 2.05) is 0 Å². The highest BCUT2D eigenvalue weighted by atomic mass is 16.5. The Bertz CT molecular complexity index is 347. The maximum atomic E-state index is 12.0. The SMILES string of the molecule is CC1CC(C)C(OC(=O)C2(C(=O)[O-])CC2)C(C)C1. The number of carbonyl (C=O) groups is 2. The second-order valence-corrected chi connectivity index (χ2v) is 6.27. The van der Waals surface area contributed by atoms with Gasteiger partial charge in [0.25, 0.3) is 0 Å². The fourth-order valence-corrected chi connectivity index (χ4v) is 3.28. The fourth-order valence-electron chi connectivity index (χ4n) is 3.28. The van der Waals surface area contributed by atoms with Gasteiger partial charge in [-0.05, 0) is 43.4 Å². The zero-order chi connectivity index (χ0) is 13.5. The van der Waals surface area contributed by atoms with Crippen molar-refractivity contribution in [3.05, 3.63) is 0 Å². The van der Waals surface area contributed by atoms with Crippen LogP contribution >= 0.6 is 0 Å². The van der Waals surface area contributed by atoms with Gasteiger partial charge in [-0.2, -0.15) is 0 Å². The van der Waals surface area contributed by atoms with Gasteiger partial charge in [0.15, 0.2) is 0 Å². The van der Waals surface area contributed by atoms with Gasteiger partial charge in [-0.15, -0.1) is 0 Å². The van der Waals surface area contributed by atoms with Crippen LogP contribution in [-0.2, 0) is 14.3 Å². The Balaban J connectivity index is 2.01. The van der Waals surface area contributed by atoms with Crippen molar-refractivity contribution in [2.24, 2.45) is 23.2 Å². The quantitative estimate of drug-likeness (QED) is 0.558. The summed E-state index contributed by atoms with van der Waals surface area (Å²) in [6.45, 7) is 6.35. The zero-order valence-corrected chi connectivity index (χ0v) is 11.3. The standard InChI is InChI=1S/C14H22O4/c1-8-6-9(2)11(10(3)7-8)18-13(17)14(4-5-14)12(15)16/h8-11H,4-7H2,1-3H3,(H,15,16)/p-1. The highest BCUT2D eigenvalue weighted by Crippen LogP contribution is 2.47. The van der Waals surface area contributed by atoms with Crippen LogP contribution in [0.3, 0.4) is 0 Å². The molecule has 2 atom stereocenters. The molecule has 102 valence electrons. The zero-order valence-electron chi connectivity index (χ0n) is 11.3. The number of rotatable bonds is 3. The van der Waals surface area contributed by atoms with E-state index in [2.05, 4.69) is 20.8 Å². The normalized spacial score (nSPS) is 37.9. The largest absolute Gasteiger partial charge is 0.549 e. The Morgan fingerprint density at radius 1 is 1.11 bits per heavy atom. The van der Waals surface area contributed by atoms with Gasteiger partial charge >= 0.3 is 5.97 Å². The van der Waals surface area contributed by atoms with E-state index in [-0.39, 0.29) is 6.10 Å². The average Bonchev–Trinajstić information content (AvgIpc) is 3.03. The van der Waals surface area contributed by atoms with Crippen molar-refractivity contribution in [2.45, 2.75) is 52.6 Å². The third-order valence-electron chi connectivity index (χ3n) is 4.44. The lowest BCUT2D eigenvalue weighted by Gasteiger charge is -2.38. The summed E-state index contributed by atoms with van der Waals surface area (Å²) in [6, 6.07) is 0. The molecule has 0 amide bonds. The van der Waals surface area contributed by atoms with Crippen molar-refractivity contribution in [3.63, 3.8) is 0 Å². The third-order valence-corrected chi connectivity index (χ3v) is 4.44. The number of hydrogen-bond donors (Lipinski definition) is 0. The molecule has 2 saturated carbocycles. The van der Waals surface area contributed by atoms with Crippen LogP contribution in [0.1, 0.15) is 46.5 Å². The Morgan fingerprint density at radius 3 is 2.00 bits per heavy atom. The van der Waals surface area contributed by atoms with Crippen LogP contribution in [0.2, 0.25) is 0 Å². The van der Waals surface area contributed by atoms with Crippen LogP contribution in [0.5, 0.6) is 0 Å². The molecule has 0 heterocycles. The summed E-state index contributed by atoms with van der Waals surface area (Å²) >= 11 is 0. The molecule has 0 spiro atoms. The van der Waals surface area contributed by atoms with E-state index < -0.39 is 17.4 Å². The smallest absolute Gasteiger partial charge is 0.318 e. The number of carboxylic acid groups (broad SMARTS) is 1. The van der Waals surface area contributed by atoms with Crippen LogP contribution in [0.15, 0.2) is 0 Å². The minimum atomic E-state index is -1.33. The molecular formula is C14H21O4-. The molecule has 0 bridgehead atoms. The van der Waals surface area contributed by atoms with Crippen LogP contribution in [0, 0.1) is 23.2 Å². The van der Waals surface area contributed by atoms with Crippen LogP contribution in [-0.4, -0.2) is 18.0 Å². The van der Waals surface area contributed by atoms with E-state index in [1.165, 1.54) is 0 Å². The molecule has 2 aliphatic rings. The second-order valence-electron chi connectivity index (χ2n) is 6.27. The van der Waals surface area contributed by atoms with Gasteiger partial charge in [0, 0.05) is 0 Å². The van der Waals surface area contributed by atoms with Gasteiger partial charge in [0.2, 0.25) is 0 Å². The summed E-state index contributed by atoms with van der Waals surface area (Å²) in [6.07, 6.45) is 2.63. The molecule has 0 N–H and O–H groups in total. The Kier molecular flexibility index (Phi) is 3.39. The van der Waals surface area contributed by atoms with Gasteiger partial charge in [0.05, 0.1) is 5.97 Å². The monoisotopic (exact) mass is 253 g/mol. The van der Waals surface area contributed by atoms with Crippen LogP contribution in [0.4, 0.5) is 0 Å². The van der Waals surface area contributed by atoms with Gasteiger partial charge < -0.3 is 14.6 Å². The highest BCUT2D eigenvalue weighted by molar-refractivity contribution is 6.01. The lowest BCUT2D eigenvalue weighted by molar-refractivity contribution is -0.313. The molecule has 0 aromatic heterocycles. The molecule has 2 fully saturated rings. The molecule has 0 aliphatic heterocycles. The predicted octanol–water partition coefficient (Wildman–Crippen LogP) is 1.13. The maximum Gasteiger partial charge on any atom is 0.318 e. The lowest BCUT2D eigenvalue weighted by Crippen LogP contribution is -2.44. The molecule has 2 aliphatic carbocycles. The first-order chi connectivity index (χ1) is 8.36. The summed E-state index contributed by atoms with van der Waals surface area (Å²) in [4.78, 5) is 22.9. The fraction of sp³-hybridized carbons (Fsp3) is 0.857. The van der Waals surface area contributed by atoms with E-state index in [1.54, 1.807) is 0 Å². The van der Waals surface area contributed by atoms with Gasteiger partial charge in [-0.3, -0.25) is 4.79 Å². The van der Waals surface area contributed by atoms with E-state index in [0.717, 1.165) is 12.8 Å². The Labute approximate surface area is 108 Å². The predicted molar refractivity (Wildman–Crippen MR) is 63.3 cm³/mol. The molecule has 0 aromatic carbocycles.